The third-order valence-corrected chi connectivity index (χ3v) is 3.72. The van der Waals surface area contributed by atoms with Crippen molar-refractivity contribution in [1.29, 1.82) is 0 Å². The second-order valence-corrected chi connectivity index (χ2v) is 6.80. The molecule has 0 fully saturated rings. The maximum Gasteiger partial charge on any atom is 0.227 e. The van der Waals surface area contributed by atoms with Gasteiger partial charge in [0, 0.05) is 18.3 Å². The van der Waals surface area contributed by atoms with Crippen molar-refractivity contribution in [3.8, 4) is 11.5 Å². The molecule has 0 aliphatic rings. The van der Waals surface area contributed by atoms with Crippen molar-refractivity contribution in [1.82, 2.24) is 9.97 Å². The fourth-order valence-corrected chi connectivity index (χ4v) is 2.34. The third-order valence-electron chi connectivity index (χ3n) is 3.72. The number of nitrogens with zero attached hydrogens (tertiary/aromatic N) is 2. The average molecular weight is 339 g/mol. The summed E-state index contributed by atoms with van der Waals surface area (Å²) in [5, 5.41) is 2.90. The van der Waals surface area contributed by atoms with E-state index in [4.69, 9.17) is 8.83 Å². The maximum absolute atomic E-state index is 12.3. The molecule has 2 aromatic heterocycles. The number of anilines is 1. The highest BCUT2D eigenvalue weighted by Crippen LogP contribution is 2.26. The van der Waals surface area contributed by atoms with Crippen molar-refractivity contribution in [3.63, 3.8) is 0 Å². The van der Waals surface area contributed by atoms with Gasteiger partial charge in [0.25, 0.3) is 0 Å². The lowest BCUT2D eigenvalue weighted by Crippen LogP contribution is -2.13. The van der Waals surface area contributed by atoms with Crippen LogP contribution in [0, 0.1) is 0 Å². The zero-order valence-electron chi connectivity index (χ0n) is 14.6. The molecule has 0 saturated heterocycles. The van der Waals surface area contributed by atoms with E-state index >= 15 is 0 Å². The van der Waals surface area contributed by atoms with Crippen LogP contribution >= 0.6 is 0 Å². The van der Waals surface area contributed by atoms with Crippen LogP contribution in [0.1, 0.15) is 38.8 Å². The first-order valence-electron chi connectivity index (χ1n) is 8.17. The van der Waals surface area contributed by atoms with Gasteiger partial charge in [-0.3, -0.25) is 4.79 Å². The molecular formula is C19H21N3O3. The van der Waals surface area contributed by atoms with Gasteiger partial charge in [-0.25, -0.2) is 9.97 Å². The summed E-state index contributed by atoms with van der Waals surface area (Å²) >= 11 is 0. The van der Waals surface area contributed by atoms with Gasteiger partial charge in [0.2, 0.25) is 11.8 Å². The fourth-order valence-electron chi connectivity index (χ4n) is 2.34. The van der Waals surface area contributed by atoms with E-state index in [1.807, 2.05) is 24.3 Å². The number of benzene rings is 1. The van der Waals surface area contributed by atoms with E-state index in [-0.39, 0.29) is 17.7 Å². The molecule has 6 nitrogen and oxygen atoms in total. The van der Waals surface area contributed by atoms with Gasteiger partial charge in [0.15, 0.2) is 5.89 Å². The number of amides is 1. The lowest BCUT2D eigenvalue weighted by Gasteiger charge is -2.13. The molecular weight excluding hydrogens is 318 g/mol. The molecule has 25 heavy (non-hydrogen) atoms. The number of hydrogen-bond acceptors (Lipinski definition) is 5. The monoisotopic (exact) mass is 339 g/mol. The second kappa shape index (κ2) is 6.93. The van der Waals surface area contributed by atoms with Crippen LogP contribution in [-0.2, 0) is 16.6 Å². The van der Waals surface area contributed by atoms with Crippen molar-refractivity contribution in [2.75, 3.05) is 5.32 Å². The van der Waals surface area contributed by atoms with Crippen LogP contribution in [0.2, 0.25) is 0 Å². The molecule has 6 heteroatoms. The molecule has 0 spiro atoms. The number of carbonyl (C=O) groups excluding carboxylic acids is 1. The Kier molecular flexibility index (Phi) is 4.70. The van der Waals surface area contributed by atoms with Crippen LogP contribution < -0.4 is 5.32 Å². The van der Waals surface area contributed by atoms with E-state index in [0.29, 0.717) is 23.9 Å². The second-order valence-electron chi connectivity index (χ2n) is 6.80. The van der Waals surface area contributed by atoms with Gasteiger partial charge in [0.05, 0.1) is 23.6 Å². The highest BCUT2D eigenvalue weighted by atomic mass is 16.4. The van der Waals surface area contributed by atoms with Gasteiger partial charge in [-0.05, 0) is 12.1 Å². The molecule has 0 unspecified atom stereocenters. The number of carbonyl (C=O) groups is 1. The topological polar surface area (TPSA) is 81.2 Å². The molecule has 0 radical (unpaired) electrons. The molecule has 130 valence electrons. The van der Waals surface area contributed by atoms with Crippen molar-refractivity contribution < 1.29 is 13.6 Å². The molecule has 2 heterocycles. The largest absolute Gasteiger partial charge is 0.445 e. The Morgan fingerprint density at radius 2 is 2.00 bits per heavy atom. The van der Waals surface area contributed by atoms with Gasteiger partial charge in [0.1, 0.15) is 12.0 Å². The average Bonchev–Trinajstić information content (AvgIpc) is 3.25. The number of para-hydroxylation sites is 1. The van der Waals surface area contributed by atoms with Gasteiger partial charge < -0.3 is 14.2 Å². The summed E-state index contributed by atoms with van der Waals surface area (Å²) in [6, 6.07) is 7.40. The first-order chi connectivity index (χ1) is 11.9. The molecule has 0 bridgehead atoms. The Morgan fingerprint density at radius 1 is 1.20 bits per heavy atom. The molecule has 0 atom stereocenters. The first-order valence-corrected chi connectivity index (χ1v) is 8.17. The number of oxazole rings is 2. The molecule has 0 saturated carbocycles. The lowest BCUT2D eigenvalue weighted by atomic mass is 9.94. The van der Waals surface area contributed by atoms with E-state index < -0.39 is 0 Å². The Labute approximate surface area is 146 Å². The van der Waals surface area contributed by atoms with Crippen LogP contribution in [0.4, 0.5) is 5.69 Å². The summed E-state index contributed by atoms with van der Waals surface area (Å²) in [6.45, 7) is 6.18. The number of aryl methyl sites for hydroxylation is 1. The Bertz CT molecular complexity index is 845. The number of hydrogen-bond donors (Lipinski definition) is 1. The SMILES string of the molecule is CC(C)(C)c1cnc(CCC(=O)Nc2ccccc2-c2ncco2)o1. The summed E-state index contributed by atoms with van der Waals surface area (Å²) in [5.74, 6) is 1.74. The van der Waals surface area contributed by atoms with Crippen molar-refractivity contribution >= 4 is 11.6 Å². The maximum atomic E-state index is 12.3. The first kappa shape index (κ1) is 17.0. The highest BCUT2D eigenvalue weighted by molar-refractivity contribution is 5.94. The summed E-state index contributed by atoms with van der Waals surface area (Å²) < 4.78 is 11.0. The Morgan fingerprint density at radius 3 is 2.68 bits per heavy atom. The van der Waals surface area contributed by atoms with E-state index in [9.17, 15) is 4.79 Å². The van der Waals surface area contributed by atoms with Gasteiger partial charge >= 0.3 is 0 Å². The van der Waals surface area contributed by atoms with E-state index in [2.05, 4.69) is 36.1 Å². The Balaban J connectivity index is 1.63. The summed E-state index contributed by atoms with van der Waals surface area (Å²) in [7, 11) is 0. The van der Waals surface area contributed by atoms with E-state index in [1.165, 1.54) is 6.26 Å². The van der Waals surface area contributed by atoms with Crippen LogP contribution in [0.15, 0.2) is 51.8 Å². The minimum absolute atomic E-state index is 0.0948. The standard InChI is InChI=1S/C19H21N3O3/c1-19(2,3)15-12-21-17(25-15)9-8-16(23)22-14-7-5-4-6-13(14)18-20-10-11-24-18/h4-7,10-12H,8-9H2,1-3H3,(H,22,23). The summed E-state index contributed by atoms with van der Waals surface area (Å²) in [4.78, 5) is 20.7. The predicted molar refractivity (Wildman–Crippen MR) is 94.1 cm³/mol. The minimum atomic E-state index is -0.116. The molecule has 1 amide bonds. The van der Waals surface area contributed by atoms with E-state index in [0.717, 1.165) is 11.3 Å². The quantitative estimate of drug-likeness (QED) is 0.753. The van der Waals surface area contributed by atoms with E-state index in [1.54, 1.807) is 12.4 Å². The molecule has 3 aromatic rings. The minimum Gasteiger partial charge on any atom is -0.445 e. The number of nitrogens with one attached hydrogen (secondary N) is 1. The van der Waals surface area contributed by atoms with Gasteiger partial charge in [-0.15, -0.1) is 0 Å². The summed E-state index contributed by atoms with van der Waals surface area (Å²) in [5.41, 5.74) is 1.31. The molecule has 0 aliphatic heterocycles. The van der Waals surface area contributed by atoms with Crippen molar-refractivity contribution in [3.05, 3.63) is 54.6 Å². The highest BCUT2D eigenvalue weighted by Gasteiger charge is 2.19. The normalized spacial score (nSPS) is 11.5. The van der Waals surface area contributed by atoms with Crippen molar-refractivity contribution in [2.24, 2.45) is 0 Å². The van der Waals surface area contributed by atoms with Crippen LogP contribution in [-0.4, -0.2) is 15.9 Å². The molecule has 3 rings (SSSR count). The van der Waals surface area contributed by atoms with Gasteiger partial charge in [-0.2, -0.15) is 0 Å². The third kappa shape index (κ3) is 4.15. The smallest absolute Gasteiger partial charge is 0.227 e. The number of aromatic nitrogens is 2. The van der Waals surface area contributed by atoms with Crippen LogP contribution in [0.3, 0.4) is 0 Å². The van der Waals surface area contributed by atoms with Crippen LogP contribution in [0.25, 0.3) is 11.5 Å². The Hall–Kier alpha value is -2.89. The lowest BCUT2D eigenvalue weighted by molar-refractivity contribution is -0.116. The molecule has 1 N–H and O–H groups in total. The van der Waals surface area contributed by atoms with Crippen molar-refractivity contribution in [2.45, 2.75) is 39.0 Å². The zero-order valence-corrected chi connectivity index (χ0v) is 14.6. The molecule has 0 aliphatic carbocycles. The molecule has 1 aromatic carbocycles. The predicted octanol–water partition coefficient (Wildman–Crippen LogP) is 4.20. The zero-order chi connectivity index (χ0) is 17.9. The fraction of sp³-hybridized carbons (Fsp3) is 0.316. The number of rotatable bonds is 5. The van der Waals surface area contributed by atoms with Gasteiger partial charge in [-0.1, -0.05) is 32.9 Å². The van der Waals surface area contributed by atoms with Crippen LogP contribution in [0.5, 0.6) is 0 Å². The summed E-state index contributed by atoms with van der Waals surface area (Å²) in [6.07, 6.45) is 5.53.